The number of carbonyl (C=O) groups excluding carboxylic acids is 2. The van der Waals surface area contributed by atoms with Gasteiger partial charge < -0.3 is 29.2 Å². The van der Waals surface area contributed by atoms with Crippen molar-refractivity contribution in [2.75, 3.05) is 27.3 Å². The zero-order valence-corrected chi connectivity index (χ0v) is 23.8. The first kappa shape index (κ1) is 31.0. The number of carboxylic acid groups (broad SMARTS) is 2. The molecule has 0 amide bonds. The van der Waals surface area contributed by atoms with Crippen LogP contribution >= 0.6 is 0 Å². The molecule has 43 heavy (non-hydrogen) atoms. The van der Waals surface area contributed by atoms with E-state index in [4.69, 9.17) is 18.9 Å². The van der Waals surface area contributed by atoms with E-state index in [9.17, 15) is 29.4 Å². The van der Waals surface area contributed by atoms with Gasteiger partial charge in [0.05, 0.1) is 25.3 Å². The molecule has 11 heteroatoms. The van der Waals surface area contributed by atoms with Crippen molar-refractivity contribution in [1.29, 1.82) is 0 Å². The molecule has 11 nitrogen and oxygen atoms in total. The van der Waals surface area contributed by atoms with Crippen LogP contribution in [0.5, 0.6) is 11.5 Å². The standard InChI is InChI=1S/C18H14O8.C14H19NO2/c19-15(20)13(25-17(23)11-7-3-1-4-8-11)14(16(21)22)26-18(24)12-9-5-2-6-10-12;1-16-13-8-10-5-7-15-6-3-4-12(15)11(10)9-14(13)17-2/h1-10,13-14H,(H,19,20)(H,21,22);8-9,12H,3-7H2,1-2H3/t13-,14-;12-/m01/s1. The number of aliphatic carboxylic acids is 2. The lowest BCUT2D eigenvalue weighted by molar-refractivity contribution is -0.166. The Morgan fingerprint density at radius 2 is 1.23 bits per heavy atom. The molecule has 0 spiro atoms. The first-order valence-electron chi connectivity index (χ1n) is 13.7. The van der Waals surface area contributed by atoms with Crippen LogP contribution in [0.1, 0.15) is 50.7 Å². The second-order valence-corrected chi connectivity index (χ2v) is 9.91. The van der Waals surface area contributed by atoms with Crippen molar-refractivity contribution < 1.29 is 48.3 Å². The van der Waals surface area contributed by atoms with Crippen LogP contribution in [0.3, 0.4) is 0 Å². The quantitative estimate of drug-likeness (QED) is 0.348. The van der Waals surface area contributed by atoms with E-state index in [1.54, 1.807) is 26.4 Å². The number of methoxy groups -OCH3 is 2. The van der Waals surface area contributed by atoms with E-state index in [2.05, 4.69) is 17.0 Å². The Bertz CT molecular complexity index is 1370. The number of hydrogen-bond donors (Lipinski definition) is 2. The van der Waals surface area contributed by atoms with Gasteiger partial charge in [0, 0.05) is 12.6 Å². The average Bonchev–Trinajstić information content (AvgIpc) is 3.52. The van der Waals surface area contributed by atoms with Crippen molar-refractivity contribution in [3.8, 4) is 11.5 Å². The highest BCUT2D eigenvalue weighted by atomic mass is 16.6. The summed E-state index contributed by atoms with van der Waals surface area (Å²) in [5.41, 5.74) is 2.94. The fourth-order valence-corrected chi connectivity index (χ4v) is 5.17. The Labute approximate surface area is 248 Å². The van der Waals surface area contributed by atoms with Crippen LogP contribution in [0.2, 0.25) is 0 Å². The van der Waals surface area contributed by atoms with Crippen molar-refractivity contribution in [3.05, 3.63) is 95.1 Å². The van der Waals surface area contributed by atoms with Gasteiger partial charge >= 0.3 is 23.9 Å². The molecular formula is C32H33NO10. The molecule has 226 valence electrons. The number of hydrogen-bond acceptors (Lipinski definition) is 9. The summed E-state index contributed by atoms with van der Waals surface area (Å²) in [6.45, 7) is 2.44. The van der Waals surface area contributed by atoms with Gasteiger partial charge in [-0.1, -0.05) is 36.4 Å². The minimum atomic E-state index is -2.21. The summed E-state index contributed by atoms with van der Waals surface area (Å²) in [5, 5.41) is 18.5. The molecule has 0 aliphatic carbocycles. The number of esters is 2. The molecule has 3 aromatic carbocycles. The molecule has 0 saturated carbocycles. The largest absolute Gasteiger partial charge is 0.493 e. The van der Waals surface area contributed by atoms with Crippen molar-refractivity contribution >= 4 is 23.9 Å². The van der Waals surface area contributed by atoms with Crippen molar-refractivity contribution in [2.24, 2.45) is 0 Å². The van der Waals surface area contributed by atoms with E-state index < -0.39 is 36.1 Å². The van der Waals surface area contributed by atoms with Crippen molar-refractivity contribution in [2.45, 2.75) is 37.5 Å². The van der Waals surface area contributed by atoms with E-state index in [1.807, 2.05) is 0 Å². The van der Waals surface area contributed by atoms with Gasteiger partial charge in [0.1, 0.15) is 0 Å². The van der Waals surface area contributed by atoms with Gasteiger partial charge in [0.15, 0.2) is 11.5 Å². The number of benzene rings is 3. The molecule has 1 saturated heterocycles. The third-order valence-corrected chi connectivity index (χ3v) is 7.29. The number of nitrogens with zero attached hydrogens (tertiary/aromatic N) is 1. The Balaban J connectivity index is 0.000000213. The SMILES string of the molecule is COc1cc2c(cc1OC)[C@H]1CCCN1CC2.O=C(O[C@H](C(=O)O)[C@H](OC(=O)c1ccccc1)C(=O)O)c1ccccc1. The minimum Gasteiger partial charge on any atom is -0.493 e. The average molecular weight is 592 g/mol. The summed E-state index contributed by atoms with van der Waals surface area (Å²) >= 11 is 0. The smallest absolute Gasteiger partial charge is 0.349 e. The predicted molar refractivity (Wildman–Crippen MR) is 153 cm³/mol. The molecule has 1 fully saturated rings. The number of rotatable bonds is 9. The molecule has 2 heterocycles. The molecule has 5 rings (SSSR count). The molecule has 0 bridgehead atoms. The Morgan fingerprint density at radius 3 is 1.70 bits per heavy atom. The third-order valence-electron chi connectivity index (χ3n) is 7.29. The zero-order chi connectivity index (χ0) is 30.9. The van der Waals surface area contributed by atoms with Crippen LogP contribution in [0.4, 0.5) is 0 Å². The molecule has 0 unspecified atom stereocenters. The summed E-state index contributed by atoms with van der Waals surface area (Å²) in [5.74, 6) is -3.91. The normalized spacial score (nSPS) is 16.7. The number of carbonyl (C=O) groups is 4. The van der Waals surface area contributed by atoms with Crippen molar-refractivity contribution in [3.63, 3.8) is 0 Å². The van der Waals surface area contributed by atoms with E-state index in [0.29, 0.717) is 6.04 Å². The molecule has 2 aliphatic heterocycles. The van der Waals surface area contributed by atoms with Gasteiger partial charge in [-0.2, -0.15) is 0 Å². The van der Waals surface area contributed by atoms with Crippen LogP contribution in [-0.2, 0) is 25.5 Å². The second-order valence-electron chi connectivity index (χ2n) is 9.91. The number of carboxylic acids is 2. The molecule has 2 aliphatic rings. The van der Waals surface area contributed by atoms with Crippen LogP contribution in [-0.4, -0.2) is 78.5 Å². The Morgan fingerprint density at radius 1 is 0.744 bits per heavy atom. The summed E-state index contributed by atoms with van der Waals surface area (Å²) in [4.78, 5) is 49.4. The Hall–Kier alpha value is -4.90. The Kier molecular flexibility index (Phi) is 10.3. The van der Waals surface area contributed by atoms with Gasteiger partial charge in [-0.05, 0) is 73.3 Å². The topological polar surface area (TPSA) is 149 Å². The monoisotopic (exact) mass is 591 g/mol. The van der Waals surface area contributed by atoms with Gasteiger partial charge in [0.25, 0.3) is 0 Å². The van der Waals surface area contributed by atoms with Gasteiger partial charge in [0.2, 0.25) is 12.2 Å². The fourth-order valence-electron chi connectivity index (χ4n) is 5.17. The highest BCUT2D eigenvalue weighted by Crippen LogP contribution is 2.42. The van der Waals surface area contributed by atoms with Crippen LogP contribution < -0.4 is 9.47 Å². The molecule has 2 N–H and O–H groups in total. The summed E-state index contributed by atoms with van der Waals surface area (Å²) in [7, 11) is 3.41. The zero-order valence-electron chi connectivity index (χ0n) is 23.8. The predicted octanol–water partition coefficient (Wildman–Crippen LogP) is 4.00. The van der Waals surface area contributed by atoms with E-state index in [-0.39, 0.29) is 11.1 Å². The molecular weight excluding hydrogens is 558 g/mol. The maximum absolute atomic E-state index is 12.0. The molecule has 3 aromatic rings. The fraction of sp³-hybridized carbons (Fsp3) is 0.312. The van der Waals surface area contributed by atoms with E-state index in [1.165, 1.54) is 85.6 Å². The van der Waals surface area contributed by atoms with E-state index in [0.717, 1.165) is 17.9 Å². The summed E-state index contributed by atoms with van der Waals surface area (Å²) < 4.78 is 20.3. The lowest BCUT2D eigenvalue weighted by atomic mass is 9.92. The number of ether oxygens (including phenoxy) is 4. The lowest BCUT2D eigenvalue weighted by Crippen LogP contribution is -2.45. The first-order chi connectivity index (χ1) is 20.7. The third kappa shape index (κ3) is 7.49. The molecule has 0 aromatic heterocycles. The molecule has 3 atom stereocenters. The first-order valence-corrected chi connectivity index (χ1v) is 13.7. The summed E-state index contributed by atoms with van der Waals surface area (Å²) in [6, 6.07) is 19.8. The highest BCUT2D eigenvalue weighted by molar-refractivity contribution is 5.95. The minimum absolute atomic E-state index is 0.0253. The summed E-state index contributed by atoms with van der Waals surface area (Å²) in [6.07, 6.45) is -0.701. The maximum atomic E-state index is 12.0. The molecule has 0 radical (unpaired) electrons. The van der Waals surface area contributed by atoms with Gasteiger partial charge in [-0.25, -0.2) is 19.2 Å². The highest BCUT2D eigenvalue weighted by Gasteiger charge is 2.41. The van der Waals surface area contributed by atoms with Crippen LogP contribution in [0.15, 0.2) is 72.8 Å². The lowest BCUT2D eigenvalue weighted by Gasteiger charge is -2.32. The van der Waals surface area contributed by atoms with Crippen LogP contribution in [0.25, 0.3) is 0 Å². The van der Waals surface area contributed by atoms with Crippen molar-refractivity contribution in [1.82, 2.24) is 4.90 Å². The van der Waals surface area contributed by atoms with Gasteiger partial charge in [-0.3, -0.25) is 4.90 Å². The van der Waals surface area contributed by atoms with E-state index >= 15 is 0 Å². The van der Waals surface area contributed by atoms with Crippen LogP contribution in [0, 0.1) is 0 Å². The second kappa shape index (κ2) is 14.3. The maximum Gasteiger partial charge on any atom is 0.349 e. The van der Waals surface area contributed by atoms with Gasteiger partial charge in [-0.15, -0.1) is 0 Å². The number of fused-ring (bicyclic) bond motifs is 3.